The zero-order chi connectivity index (χ0) is 14.5. The average Bonchev–Trinajstić information content (AvgIpc) is 2.41. The second-order valence-electron chi connectivity index (χ2n) is 4.61. The Hall–Kier alpha value is -2.44. The van der Waals surface area contributed by atoms with Crippen LogP contribution < -0.4 is 5.32 Å². The first-order valence-electron chi connectivity index (χ1n) is 6.41. The van der Waals surface area contributed by atoms with Gasteiger partial charge in [-0.25, -0.2) is 4.79 Å². The summed E-state index contributed by atoms with van der Waals surface area (Å²) >= 11 is 0. The number of benzene rings is 1. The fourth-order valence-electron chi connectivity index (χ4n) is 2.09. The van der Waals surface area contributed by atoms with Gasteiger partial charge in [0.2, 0.25) is 0 Å². The molecule has 0 radical (unpaired) electrons. The minimum atomic E-state index is -0.581. The van der Waals surface area contributed by atoms with Crippen molar-refractivity contribution < 1.29 is 9.72 Å². The van der Waals surface area contributed by atoms with E-state index in [0.29, 0.717) is 5.84 Å². The number of nitrogens with zero attached hydrogens (tertiary/aromatic N) is 3. The van der Waals surface area contributed by atoms with Gasteiger partial charge in [-0.3, -0.25) is 10.1 Å². The summed E-state index contributed by atoms with van der Waals surface area (Å²) in [7, 11) is 1.89. The van der Waals surface area contributed by atoms with Crippen LogP contribution in [0.1, 0.15) is 19.3 Å². The summed E-state index contributed by atoms with van der Waals surface area (Å²) in [6, 6.07) is 5.43. The van der Waals surface area contributed by atoms with Gasteiger partial charge in [0.1, 0.15) is 11.5 Å². The summed E-state index contributed by atoms with van der Waals surface area (Å²) in [6.45, 7) is 0.873. The topological polar surface area (TPSA) is 87.8 Å². The Morgan fingerprint density at radius 2 is 2.15 bits per heavy atom. The molecule has 2 rings (SSSR count). The van der Waals surface area contributed by atoms with Gasteiger partial charge in [-0.15, -0.1) is 0 Å². The monoisotopic (exact) mass is 276 g/mol. The number of carbonyl (C=O) groups is 1. The number of amidine groups is 1. The van der Waals surface area contributed by atoms with Gasteiger partial charge in [-0.05, 0) is 18.9 Å². The molecule has 1 aromatic carbocycles. The third kappa shape index (κ3) is 3.31. The third-order valence-corrected chi connectivity index (χ3v) is 3.16. The molecular formula is C13H16N4O3. The predicted octanol–water partition coefficient (Wildman–Crippen LogP) is 2.64. The highest BCUT2D eigenvalue weighted by molar-refractivity contribution is 6.01. The first-order valence-corrected chi connectivity index (χ1v) is 6.41. The Labute approximate surface area is 116 Å². The van der Waals surface area contributed by atoms with E-state index in [2.05, 4.69) is 10.3 Å². The van der Waals surface area contributed by atoms with Crippen LogP contribution in [-0.4, -0.2) is 35.3 Å². The zero-order valence-electron chi connectivity index (χ0n) is 11.2. The van der Waals surface area contributed by atoms with E-state index < -0.39 is 11.0 Å². The minimum absolute atomic E-state index is 0.141. The van der Waals surface area contributed by atoms with E-state index in [1.54, 1.807) is 12.1 Å². The van der Waals surface area contributed by atoms with Crippen LogP contribution in [0.4, 0.5) is 16.2 Å². The Morgan fingerprint density at radius 1 is 1.40 bits per heavy atom. The number of carbonyl (C=O) groups excluding carboxylic acids is 1. The maximum atomic E-state index is 11.9. The van der Waals surface area contributed by atoms with Crippen molar-refractivity contribution in [3.05, 3.63) is 34.4 Å². The summed E-state index contributed by atoms with van der Waals surface area (Å²) in [5.74, 6) is 0.715. The number of anilines is 1. The SMILES string of the molecule is CN1CCCC/C1=N/C(=O)Nc1ccccc1[N+](=O)[O-]. The largest absolute Gasteiger partial charge is 0.363 e. The molecule has 0 aromatic heterocycles. The predicted molar refractivity (Wildman–Crippen MR) is 76.0 cm³/mol. The molecule has 0 unspecified atom stereocenters. The number of nitro groups is 1. The number of aliphatic imine (C=N–C) groups is 1. The fourth-order valence-corrected chi connectivity index (χ4v) is 2.09. The van der Waals surface area contributed by atoms with Gasteiger partial charge >= 0.3 is 6.03 Å². The van der Waals surface area contributed by atoms with E-state index in [9.17, 15) is 14.9 Å². The Kier molecular flexibility index (Phi) is 4.29. The maximum absolute atomic E-state index is 11.9. The lowest BCUT2D eigenvalue weighted by Crippen LogP contribution is -2.32. The van der Waals surface area contributed by atoms with Crippen molar-refractivity contribution in [3.63, 3.8) is 0 Å². The number of piperidine rings is 1. The van der Waals surface area contributed by atoms with Crippen LogP contribution in [0.3, 0.4) is 0 Å². The molecule has 0 spiro atoms. The van der Waals surface area contributed by atoms with Crippen molar-refractivity contribution in [1.29, 1.82) is 0 Å². The number of amides is 2. The molecule has 1 fully saturated rings. The lowest BCUT2D eigenvalue weighted by Gasteiger charge is -2.25. The number of hydrogen-bond acceptors (Lipinski definition) is 3. The minimum Gasteiger partial charge on any atom is -0.363 e. The molecular weight excluding hydrogens is 260 g/mol. The molecule has 7 heteroatoms. The number of nitro benzene ring substituents is 1. The molecule has 0 aliphatic carbocycles. The van der Waals surface area contributed by atoms with Gasteiger partial charge in [0.05, 0.1) is 4.92 Å². The number of para-hydroxylation sites is 2. The van der Waals surface area contributed by atoms with E-state index >= 15 is 0 Å². The van der Waals surface area contributed by atoms with Gasteiger partial charge < -0.3 is 10.2 Å². The molecule has 7 nitrogen and oxygen atoms in total. The smallest absolute Gasteiger partial charge is 0.347 e. The summed E-state index contributed by atoms with van der Waals surface area (Å²) in [6.07, 6.45) is 2.84. The third-order valence-electron chi connectivity index (χ3n) is 3.16. The summed E-state index contributed by atoms with van der Waals surface area (Å²) in [5, 5.41) is 13.3. The molecule has 2 amide bonds. The number of likely N-dealkylation sites (tertiary alicyclic amines) is 1. The Morgan fingerprint density at radius 3 is 2.85 bits per heavy atom. The van der Waals surface area contributed by atoms with Gasteiger partial charge in [-0.2, -0.15) is 4.99 Å². The second kappa shape index (κ2) is 6.14. The summed E-state index contributed by atoms with van der Waals surface area (Å²) < 4.78 is 0. The van der Waals surface area contributed by atoms with E-state index in [4.69, 9.17) is 0 Å². The molecule has 0 bridgehead atoms. The highest BCUT2D eigenvalue weighted by Crippen LogP contribution is 2.23. The van der Waals surface area contributed by atoms with Gasteiger partial charge in [0.15, 0.2) is 0 Å². The van der Waals surface area contributed by atoms with Crippen molar-refractivity contribution in [2.45, 2.75) is 19.3 Å². The van der Waals surface area contributed by atoms with Gasteiger partial charge in [-0.1, -0.05) is 12.1 Å². The Bertz CT molecular complexity index is 556. The summed E-state index contributed by atoms with van der Waals surface area (Å²) in [5.41, 5.74) is 0.0170. The van der Waals surface area contributed by atoms with Crippen LogP contribution in [0.15, 0.2) is 29.3 Å². The van der Waals surface area contributed by atoms with Crippen LogP contribution in [0.2, 0.25) is 0 Å². The van der Waals surface area contributed by atoms with Crippen LogP contribution >= 0.6 is 0 Å². The van der Waals surface area contributed by atoms with Crippen LogP contribution in [-0.2, 0) is 0 Å². The van der Waals surface area contributed by atoms with Crippen molar-refractivity contribution in [2.24, 2.45) is 4.99 Å². The highest BCUT2D eigenvalue weighted by atomic mass is 16.6. The molecule has 106 valence electrons. The fraction of sp³-hybridized carbons (Fsp3) is 0.385. The standard InChI is InChI=1S/C13H16N4O3/c1-16-9-5-4-8-12(16)15-13(18)14-10-6-2-3-7-11(10)17(19)20/h2-3,6-7H,4-5,8-9H2,1H3,(H,14,18)/b15-12-. The van der Waals surface area contributed by atoms with Crippen LogP contribution in [0.5, 0.6) is 0 Å². The Balaban J connectivity index is 2.12. The molecule has 20 heavy (non-hydrogen) atoms. The highest BCUT2D eigenvalue weighted by Gasteiger charge is 2.17. The number of urea groups is 1. The first-order chi connectivity index (χ1) is 9.58. The molecule has 1 aliphatic rings. The van der Waals surface area contributed by atoms with Crippen LogP contribution in [0, 0.1) is 10.1 Å². The molecule has 1 heterocycles. The van der Waals surface area contributed by atoms with Crippen molar-refractivity contribution in [3.8, 4) is 0 Å². The first kappa shape index (κ1) is 14.0. The van der Waals surface area contributed by atoms with Crippen molar-refractivity contribution in [2.75, 3.05) is 18.9 Å². The maximum Gasteiger partial charge on any atom is 0.347 e. The molecule has 0 saturated carbocycles. The van der Waals surface area contributed by atoms with Crippen molar-refractivity contribution >= 4 is 23.2 Å². The van der Waals surface area contributed by atoms with E-state index in [1.165, 1.54) is 12.1 Å². The normalized spacial score (nSPS) is 17.1. The number of nitrogens with one attached hydrogen (secondary N) is 1. The molecule has 1 saturated heterocycles. The van der Waals surface area contributed by atoms with Crippen molar-refractivity contribution in [1.82, 2.24) is 4.90 Å². The van der Waals surface area contributed by atoms with Crippen LogP contribution in [0.25, 0.3) is 0 Å². The molecule has 1 aliphatic heterocycles. The lowest BCUT2D eigenvalue weighted by atomic mass is 10.1. The van der Waals surface area contributed by atoms with Gasteiger partial charge in [0, 0.05) is 26.1 Å². The molecule has 1 N–H and O–H groups in total. The number of rotatable bonds is 2. The quantitative estimate of drug-likeness (QED) is 0.664. The number of hydrogen-bond donors (Lipinski definition) is 1. The zero-order valence-corrected chi connectivity index (χ0v) is 11.2. The molecule has 0 atom stereocenters. The van der Waals surface area contributed by atoms with E-state index in [-0.39, 0.29) is 11.4 Å². The lowest BCUT2D eigenvalue weighted by molar-refractivity contribution is -0.383. The average molecular weight is 276 g/mol. The second-order valence-corrected chi connectivity index (χ2v) is 4.61. The summed E-state index contributed by atoms with van der Waals surface area (Å²) in [4.78, 5) is 28.1. The molecule has 1 aromatic rings. The van der Waals surface area contributed by atoms with E-state index in [0.717, 1.165) is 25.8 Å². The van der Waals surface area contributed by atoms with E-state index in [1.807, 2.05) is 11.9 Å². The van der Waals surface area contributed by atoms with Gasteiger partial charge in [0.25, 0.3) is 5.69 Å².